The van der Waals surface area contributed by atoms with E-state index in [1.165, 1.54) is 22.0 Å². The number of likely N-dealkylation sites (N-methyl/N-ethyl adjacent to an activating group) is 1. The van der Waals surface area contributed by atoms with Crippen LogP contribution < -0.4 is 5.32 Å². The van der Waals surface area contributed by atoms with E-state index in [1.807, 2.05) is 51.1 Å². The highest BCUT2D eigenvalue weighted by molar-refractivity contribution is 7.16. The minimum absolute atomic E-state index is 0.0511. The Bertz CT molecular complexity index is 1080. The van der Waals surface area contributed by atoms with Crippen molar-refractivity contribution in [1.29, 1.82) is 0 Å². The lowest BCUT2D eigenvalue weighted by atomic mass is 10.1. The van der Waals surface area contributed by atoms with Gasteiger partial charge in [0.1, 0.15) is 0 Å². The highest BCUT2D eigenvalue weighted by atomic mass is 32.1. The molecule has 0 saturated heterocycles. The third kappa shape index (κ3) is 8.20. The Hall–Kier alpha value is -2.81. The van der Waals surface area contributed by atoms with Gasteiger partial charge in [-0.1, -0.05) is 24.3 Å². The summed E-state index contributed by atoms with van der Waals surface area (Å²) >= 11 is 1.54. The molecule has 0 radical (unpaired) electrons. The largest absolute Gasteiger partial charge is 0.351 e. The number of aromatic nitrogens is 1. The Kier molecular flexibility index (Phi) is 9.15. The van der Waals surface area contributed by atoms with Crippen molar-refractivity contribution >= 4 is 33.9 Å². The van der Waals surface area contributed by atoms with E-state index in [4.69, 9.17) is 4.84 Å². The highest BCUT2D eigenvalue weighted by Gasteiger charge is 2.16. The average Bonchev–Trinajstić information content (AvgIpc) is 3.26. The first-order chi connectivity index (χ1) is 16.2. The number of benzene rings is 2. The van der Waals surface area contributed by atoms with E-state index < -0.39 is 5.60 Å². The molecule has 7 nitrogen and oxygen atoms in total. The summed E-state index contributed by atoms with van der Waals surface area (Å²) in [5, 5.41) is 4.33. The van der Waals surface area contributed by atoms with Crippen LogP contribution in [0.3, 0.4) is 0 Å². The molecule has 8 heteroatoms. The molecule has 0 fully saturated rings. The first-order valence-electron chi connectivity index (χ1n) is 11.5. The van der Waals surface area contributed by atoms with Crippen LogP contribution in [-0.2, 0) is 22.6 Å². The molecule has 0 unspecified atom stereocenters. The number of amides is 2. The fraction of sp³-hybridized carbons (Fsp3) is 0.423. The van der Waals surface area contributed by atoms with Gasteiger partial charge in [-0.25, -0.2) is 10.0 Å². The minimum Gasteiger partial charge on any atom is -0.351 e. The van der Waals surface area contributed by atoms with Gasteiger partial charge in [0.2, 0.25) is 6.41 Å². The molecule has 0 spiro atoms. The summed E-state index contributed by atoms with van der Waals surface area (Å²) in [5.74, 6) is -0.0511. The molecule has 2 aromatic carbocycles. The van der Waals surface area contributed by atoms with Gasteiger partial charge in [-0.15, -0.1) is 11.3 Å². The van der Waals surface area contributed by atoms with Crippen LogP contribution in [0, 0.1) is 0 Å². The van der Waals surface area contributed by atoms with E-state index in [1.54, 1.807) is 5.51 Å². The summed E-state index contributed by atoms with van der Waals surface area (Å²) in [4.78, 5) is 35.8. The third-order valence-corrected chi connectivity index (χ3v) is 6.04. The Morgan fingerprint density at radius 1 is 1.12 bits per heavy atom. The van der Waals surface area contributed by atoms with Crippen molar-refractivity contribution in [2.75, 3.05) is 26.7 Å². The summed E-state index contributed by atoms with van der Waals surface area (Å²) in [7, 11) is 2.07. The number of fused-ring (bicyclic) bond motifs is 1. The standard InChI is InChI=1S/C26H34N4O3S/c1-26(2,3)33-30(19-31)17-21-9-7-20(8-10-21)6-5-14-29(4)15-13-27-25(32)22-11-12-23-24(16-22)34-18-28-23/h7-12,16,18-19H,5-6,13-15,17H2,1-4H3,(H,27,32). The number of rotatable bonds is 12. The number of hydrogen-bond donors (Lipinski definition) is 1. The number of aryl methyl sites for hydroxylation is 1. The van der Waals surface area contributed by atoms with Crippen LogP contribution in [0.25, 0.3) is 10.2 Å². The highest BCUT2D eigenvalue weighted by Crippen LogP contribution is 2.19. The molecule has 34 heavy (non-hydrogen) atoms. The molecule has 0 saturated carbocycles. The van der Waals surface area contributed by atoms with E-state index in [-0.39, 0.29) is 5.91 Å². The lowest BCUT2D eigenvalue weighted by Gasteiger charge is -2.26. The molecule has 0 atom stereocenters. The Morgan fingerprint density at radius 2 is 1.85 bits per heavy atom. The van der Waals surface area contributed by atoms with Gasteiger partial charge in [-0.2, -0.15) is 0 Å². The van der Waals surface area contributed by atoms with Gasteiger partial charge >= 0.3 is 0 Å². The second kappa shape index (κ2) is 12.1. The van der Waals surface area contributed by atoms with Gasteiger partial charge in [0.05, 0.1) is 27.9 Å². The van der Waals surface area contributed by atoms with Crippen LogP contribution in [0.1, 0.15) is 48.7 Å². The molecule has 182 valence electrons. The zero-order valence-electron chi connectivity index (χ0n) is 20.4. The number of nitrogens with zero attached hydrogens (tertiary/aromatic N) is 3. The van der Waals surface area contributed by atoms with E-state index in [9.17, 15) is 9.59 Å². The van der Waals surface area contributed by atoms with Crippen molar-refractivity contribution in [2.45, 2.75) is 45.8 Å². The van der Waals surface area contributed by atoms with E-state index in [0.717, 1.165) is 48.1 Å². The molecule has 3 aromatic rings. The molecule has 0 aliphatic heterocycles. The molecule has 1 aromatic heterocycles. The van der Waals surface area contributed by atoms with Crippen LogP contribution in [0.4, 0.5) is 0 Å². The monoisotopic (exact) mass is 482 g/mol. The molecule has 2 amide bonds. The Morgan fingerprint density at radius 3 is 2.56 bits per heavy atom. The van der Waals surface area contributed by atoms with Gasteiger partial charge in [0.25, 0.3) is 5.91 Å². The van der Waals surface area contributed by atoms with Crippen LogP contribution >= 0.6 is 11.3 Å². The molecule has 0 bridgehead atoms. The van der Waals surface area contributed by atoms with Crippen LogP contribution in [-0.4, -0.2) is 59.5 Å². The normalized spacial score (nSPS) is 11.7. The average molecular weight is 483 g/mol. The third-order valence-electron chi connectivity index (χ3n) is 5.25. The van der Waals surface area contributed by atoms with Crippen LogP contribution in [0.5, 0.6) is 0 Å². The summed E-state index contributed by atoms with van der Waals surface area (Å²) in [6.07, 6.45) is 2.72. The van der Waals surface area contributed by atoms with Crippen molar-refractivity contribution in [3.05, 3.63) is 64.7 Å². The molecule has 0 aliphatic carbocycles. The van der Waals surface area contributed by atoms with Gasteiger partial charge in [-0.3, -0.25) is 14.4 Å². The number of carbonyl (C=O) groups is 2. The maximum absolute atomic E-state index is 12.4. The maximum Gasteiger partial charge on any atom is 0.251 e. The molecular formula is C26H34N4O3S. The first-order valence-corrected chi connectivity index (χ1v) is 12.4. The number of carbonyl (C=O) groups excluding carboxylic acids is 2. The zero-order valence-corrected chi connectivity index (χ0v) is 21.2. The number of hydroxylamine groups is 2. The summed E-state index contributed by atoms with van der Waals surface area (Å²) in [6, 6.07) is 13.9. The van der Waals surface area contributed by atoms with Crippen molar-refractivity contribution in [2.24, 2.45) is 0 Å². The van der Waals surface area contributed by atoms with Crippen molar-refractivity contribution in [3.63, 3.8) is 0 Å². The quantitative estimate of drug-likeness (QED) is 0.308. The van der Waals surface area contributed by atoms with E-state index >= 15 is 0 Å². The smallest absolute Gasteiger partial charge is 0.251 e. The predicted octanol–water partition coefficient (Wildman–Crippen LogP) is 4.28. The SMILES string of the molecule is CN(CCCc1ccc(CN(C=O)OC(C)(C)C)cc1)CCNC(=O)c1ccc2ncsc2c1. The Labute approximate surface area is 205 Å². The molecular weight excluding hydrogens is 448 g/mol. The van der Waals surface area contributed by atoms with Crippen LogP contribution in [0.2, 0.25) is 0 Å². The number of nitrogens with one attached hydrogen (secondary N) is 1. The molecule has 1 N–H and O–H groups in total. The Balaban J connectivity index is 1.34. The lowest BCUT2D eigenvalue weighted by Crippen LogP contribution is -2.33. The zero-order chi connectivity index (χ0) is 24.6. The molecule has 3 rings (SSSR count). The molecule has 1 heterocycles. The van der Waals surface area contributed by atoms with Crippen molar-refractivity contribution < 1.29 is 14.4 Å². The summed E-state index contributed by atoms with van der Waals surface area (Å²) in [6.45, 7) is 8.52. The topological polar surface area (TPSA) is 74.8 Å². The van der Waals surface area contributed by atoms with E-state index in [2.05, 4.69) is 34.4 Å². The van der Waals surface area contributed by atoms with Gasteiger partial charge in [0, 0.05) is 18.7 Å². The maximum atomic E-state index is 12.4. The van der Waals surface area contributed by atoms with Gasteiger partial charge in [0.15, 0.2) is 0 Å². The lowest BCUT2D eigenvalue weighted by molar-refractivity contribution is -0.220. The second-order valence-corrected chi connectivity index (χ2v) is 10.3. The van der Waals surface area contributed by atoms with Crippen molar-refractivity contribution in [3.8, 4) is 0 Å². The number of thiazole rings is 1. The van der Waals surface area contributed by atoms with Gasteiger partial charge < -0.3 is 10.2 Å². The van der Waals surface area contributed by atoms with Crippen molar-refractivity contribution in [1.82, 2.24) is 20.3 Å². The second-order valence-electron chi connectivity index (χ2n) is 9.40. The summed E-state index contributed by atoms with van der Waals surface area (Å²) < 4.78 is 1.03. The van der Waals surface area contributed by atoms with E-state index in [0.29, 0.717) is 18.7 Å². The fourth-order valence-corrected chi connectivity index (χ4v) is 4.27. The fourth-order valence-electron chi connectivity index (χ4n) is 3.56. The van der Waals surface area contributed by atoms with Crippen LogP contribution in [0.15, 0.2) is 48.0 Å². The number of hydrogen-bond acceptors (Lipinski definition) is 6. The van der Waals surface area contributed by atoms with Gasteiger partial charge in [-0.05, 0) is 76.5 Å². The first kappa shape index (κ1) is 25.8. The summed E-state index contributed by atoms with van der Waals surface area (Å²) in [5.41, 5.74) is 5.27. The predicted molar refractivity (Wildman–Crippen MR) is 137 cm³/mol. The minimum atomic E-state index is -0.411. The molecule has 0 aliphatic rings.